The molecule has 1 amide bonds. The first-order valence-corrected chi connectivity index (χ1v) is 9.72. The highest BCUT2D eigenvalue weighted by Gasteiger charge is 2.28. The van der Waals surface area contributed by atoms with Crippen molar-refractivity contribution in [2.24, 2.45) is 0 Å². The van der Waals surface area contributed by atoms with Gasteiger partial charge in [0.05, 0.1) is 0 Å². The number of likely N-dealkylation sites (tertiary alicyclic amines) is 1. The molecule has 2 heterocycles. The highest BCUT2D eigenvalue weighted by atomic mass is 19.1. The van der Waals surface area contributed by atoms with Crippen LogP contribution in [0.25, 0.3) is 0 Å². The van der Waals surface area contributed by atoms with Crippen molar-refractivity contribution in [3.05, 3.63) is 53.1 Å². The van der Waals surface area contributed by atoms with E-state index in [1.807, 2.05) is 26.0 Å². The van der Waals surface area contributed by atoms with Crippen molar-refractivity contribution in [1.29, 1.82) is 0 Å². The van der Waals surface area contributed by atoms with Gasteiger partial charge in [0.2, 0.25) is 5.95 Å². The second-order valence-electron chi connectivity index (χ2n) is 7.73. The number of likely N-dealkylation sites (N-methyl/N-ethyl adjacent to an activating group) is 1. The van der Waals surface area contributed by atoms with Crippen LogP contribution < -0.4 is 5.73 Å². The summed E-state index contributed by atoms with van der Waals surface area (Å²) >= 11 is 0. The fourth-order valence-electron chi connectivity index (χ4n) is 3.60. The first-order chi connectivity index (χ1) is 13.3. The van der Waals surface area contributed by atoms with Crippen molar-refractivity contribution in [1.82, 2.24) is 19.8 Å². The average Bonchev–Trinajstić information content (AvgIpc) is 2.68. The Morgan fingerprint density at radius 2 is 2.11 bits per heavy atom. The number of hydrogen-bond donors (Lipinski definition) is 1. The Morgan fingerprint density at radius 3 is 2.82 bits per heavy atom. The number of nitrogen functional groups attached to an aromatic ring is 1. The summed E-state index contributed by atoms with van der Waals surface area (Å²) in [4.78, 5) is 25.3. The number of carbonyl (C=O) groups excluding carboxylic acids is 1. The SMILES string of the molecule is CC(C)c1cc(C(=O)N(C)[C@H]2CCCN(Cc3ccccc3F)C2)nc(N)n1. The van der Waals surface area contributed by atoms with Gasteiger partial charge in [-0.3, -0.25) is 9.69 Å². The van der Waals surface area contributed by atoms with Crippen molar-refractivity contribution in [2.45, 2.75) is 45.2 Å². The van der Waals surface area contributed by atoms with Crippen molar-refractivity contribution >= 4 is 11.9 Å². The summed E-state index contributed by atoms with van der Waals surface area (Å²) in [6.07, 6.45) is 1.87. The molecule has 1 saturated heterocycles. The molecule has 0 radical (unpaired) electrons. The number of piperidine rings is 1. The lowest BCUT2D eigenvalue weighted by Gasteiger charge is -2.37. The molecular formula is C21H28FN5O. The molecule has 150 valence electrons. The van der Waals surface area contributed by atoms with Crippen LogP contribution in [-0.4, -0.2) is 51.9 Å². The first-order valence-electron chi connectivity index (χ1n) is 9.72. The minimum absolute atomic E-state index is 0.0479. The van der Waals surface area contributed by atoms with Crippen molar-refractivity contribution in [2.75, 3.05) is 25.9 Å². The quantitative estimate of drug-likeness (QED) is 0.856. The molecule has 2 N–H and O–H groups in total. The lowest BCUT2D eigenvalue weighted by atomic mass is 10.0. The van der Waals surface area contributed by atoms with Crippen LogP contribution in [-0.2, 0) is 6.54 Å². The van der Waals surface area contributed by atoms with E-state index in [0.717, 1.165) is 25.1 Å². The molecule has 0 bridgehead atoms. The topological polar surface area (TPSA) is 75.4 Å². The van der Waals surface area contributed by atoms with E-state index in [9.17, 15) is 9.18 Å². The van der Waals surface area contributed by atoms with E-state index in [2.05, 4.69) is 14.9 Å². The van der Waals surface area contributed by atoms with Crippen LogP contribution in [0.2, 0.25) is 0 Å². The lowest BCUT2D eigenvalue weighted by Crippen LogP contribution is -2.48. The highest BCUT2D eigenvalue weighted by molar-refractivity contribution is 5.92. The summed E-state index contributed by atoms with van der Waals surface area (Å²) in [6.45, 7) is 6.14. The first kappa shape index (κ1) is 20.2. The van der Waals surface area contributed by atoms with Gasteiger partial charge in [0.25, 0.3) is 5.91 Å². The van der Waals surface area contributed by atoms with Crippen molar-refractivity contribution in [3.8, 4) is 0 Å². The van der Waals surface area contributed by atoms with Gasteiger partial charge in [0.15, 0.2) is 0 Å². The van der Waals surface area contributed by atoms with Gasteiger partial charge in [-0.1, -0.05) is 32.0 Å². The van der Waals surface area contributed by atoms with E-state index in [0.29, 0.717) is 24.3 Å². The number of nitrogens with zero attached hydrogens (tertiary/aromatic N) is 4. The van der Waals surface area contributed by atoms with E-state index in [1.54, 1.807) is 24.1 Å². The summed E-state index contributed by atoms with van der Waals surface area (Å²) in [6, 6.07) is 8.61. The van der Waals surface area contributed by atoms with Gasteiger partial charge in [0.1, 0.15) is 11.5 Å². The van der Waals surface area contributed by atoms with E-state index >= 15 is 0 Å². The van der Waals surface area contributed by atoms with Gasteiger partial charge in [-0.2, -0.15) is 0 Å². The maximum absolute atomic E-state index is 14.0. The van der Waals surface area contributed by atoms with Crippen LogP contribution in [0.15, 0.2) is 30.3 Å². The normalized spacial score (nSPS) is 17.7. The molecule has 1 atom stereocenters. The predicted molar refractivity (Wildman–Crippen MR) is 107 cm³/mol. The maximum atomic E-state index is 14.0. The van der Waals surface area contributed by atoms with Crippen LogP contribution in [0.4, 0.5) is 10.3 Å². The fourth-order valence-corrected chi connectivity index (χ4v) is 3.60. The zero-order valence-corrected chi connectivity index (χ0v) is 16.7. The number of nitrogens with two attached hydrogens (primary N) is 1. The zero-order valence-electron chi connectivity index (χ0n) is 16.7. The molecule has 1 aliphatic rings. The third-order valence-electron chi connectivity index (χ3n) is 5.27. The smallest absolute Gasteiger partial charge is 0.272 e. The Morgan fingerprint density at radius 1 is 1.36 bits per heavy atom. The number of aromatic nitrogens is 2. The van der Waals surface area contributed by atoms with Crippen molar-refractivity contribution in [3.63, 3.8) is 0 Å². The number of hydrogen-bond acceptors (Lipinski definition) is 5. The van der Waals surface area contributed by atoms with Crippen molar-refractivity contribution < 1.29 is 9.18 Å². The number of amides is 1. The molecule has 0 spiro atoms. The zero-order chi connectivity index (χ0) is 20.3. The lowest BCUT2D eigenvalue weighted by molar-refractivity contribution is 0.0602. The number of benzene rings is 1. The number of carbonyl (C=O) groups is 1. The summed E-state index contributed by atoms with van der Waals surface area (Å²) < 4.78 is 14.0. The molecule has 1 aromatic heterocycles. The van der Waals surface area contributed by atoms with Gasteiger partial charge in [-0.15, -0.1) is 0 Å². The third-order valence-corrected chi connectivity index (χ3v) is 5.27. The molecule has 0 unspecified atom stereocenters. The second-order valence-corrected chi connectivity index (χ2v) is 7.73. The summed E-state index contributed by atoms with van der Waals surface area (Å²) in [5, 5.41) is 0. The Balaban J connectivity index is 1.70. The Hall–Kier alpha value is -2.54. The minimum atomic E-state index is -0.188. The molecule has 1 aromatic carbocycles. The molecule has 0 saturated carbocycles. The monoisotopic (exact) mass is 385 g/mol. The molecular weight excluding hydrogens is 357 g/mol. The van der Waals surface area contributed by atoms with Crippen LogP contribution in [0.5, 0.6) is 0 Å². The van der Waals surface area contributed by atoms with Crippen LogP contribution in [0.1, 0.15) is 54.4 Å². The summed E-state index contributed by atoms with van der Waals surface area (Å²) in [5.41, 5.74) is 7.56. The number of anilines is 1. The maximum Gasteiger partial charge on any atom is 0.272 e. The Kier molecular flexibility index (Phi) is 6.24. The van der Waals surface area contributed by atoms with E-state index in [-0.39, 0.29) is 29.6 Å². The van der Waals surface area contributed by atoms with E-state index < -0.39 is 0 Å². The largest absolute Gasteiger partial charge is 0.368 e. The Labute approximate surface area is 165 Å². The fraction of sp³-hybridized carbons (Fsp3) is 0.476. The minimum Gasteiger partial charge on any atom is -0.368 e. The van der Waals surface area contributed by atoms with Gasteiger partial charge in [-0.25, -0.2) is 14.4 Å². The molecule has 2 aromatic rings. The Bertz CT molecular complexity index is 841. The molecule has 7 heteroatoms. The highest BCUT2D eigenvalue weighted by Crippen LogP contribution is 2.21. The summed E-state index contributed by atoms with van der Waals surface area (Å²) in [7, 11) is 1.80. The second kappa shape index (κ2) is 8.65. The predicted octanol–water partition coefficient (Wildman–Crippen LogP) is 3.06. The standard InChI is InChI=1S/C21H28FN5O/c1-14(2)18-11-19(25-21(23)24-18)20(28)26(3)16-8-6-10-27(13-16)12-15-7-4-5-9-17(15)22/h4-5,7,9,11,14,16H,6,8,10,12-13H2,1-3H3,(H2,23,24,25)/t16-/m0/s1. The van der Waals surface area contributed by atoms with Gasteiger partial charge < -0.3 is 10.6 Å². The van der Waals surface area contributed by atoms with Crippen LogP contribution in [0.3, 0.4) is 0 Å². The molecule has 1 aliphatic heterocycles. The summed E-state index contributed by atoms with van der Waals surface area (Å²) in [5.74, 6) is -0.0682. The van der Waals surface area contributed by atoms with E-state index in [4.69, 9.17) is 5.73 Å². The molecule has 0 aliphatic carbocycles. The van der Waals surface area contributed by atoms with Gasteiger partial charge in [-0.05, 0) is 37.4 Å². The third kappa shape index (κ3) is 4.65. The number of halogens is 1. The van der Waals surface area contributed by atoms with E-state index in [1.165, 1.54) is 6.07 Å². The molecule has 6 nitrogen and oxygen atoms in total. The van der Waals surface area contributed by atoms with Gasteiger partial charge in [0, 0.05) is 37.4 Å². The van der Waals surface area contributed by atoms with Crippen LogP contribution in [0, 0.1) is 5.82 Å². The number of rotatable bonds is 5. The van der Waals surface area contributed by atoms with Gasteiger partial charge >= 0.3 is 0 Å². The molecule has 1 fully saturated rings. The molecule has 28 heavy (non-hydrogen) atoms. The molecule has 3 rings (SSSR count). The average molecular weight is 385 g/mol. The van der Waals surface area contributed by atoms with Crippen LogP contribution >= 0.6 is 0 Å².